The Morgan fingerprint density at radius 1 is 1.20 bits per heavy atom. The second-order valence-corrected chi connectivity index (χ2v) is 14.4. The van der Waals surface area contributed by atoms with E-state index in [-0.39, 0.29) is 23.2 Å². The molecule has 5 aliphatic heterocycles. The highest BCUT2D eigenvalue weighted by Gasteiger charge is 2.54. The van der Waals surface area contributed by atoms with Crippen molar-refractivity contribution in [2.75, 3.05) is 50.9 Å². The largest absolute Gasteiger partial charge is 0.463 e. The van der Waals surface area contributed by atoms with Gasteiger partial charge in [-0.05, 0) is 98.9 Å². The maximum Gasteiger partial charge on any atom is 0.319 e. The molecule has 2 aromatic heterocycles. The van der Waals surface area contributed by atoms with Crippen LogP contribution in [0.15, 0.2) is 12.3 Å². The summed E-state index contributed by atoms with van der Waals surface area (Å²) < 4.78 is 29.8. The molecule has 6 bridgehead atoms. The molecule has 0 amide bonds. The van der Waals surface area contributed by atoms with Crippen LogP contribution in [0.3, 0.4) is 0 Å². The van der Waals surface area contributed by atoms with E-state index >= 15 is 4.39 Å². The molecule has 6 unspecified atom stereocenters. The van der Waals surface area contributed by atoms with Gasteiger partial charge < -0.3 is 25.0 Å². The minimum atomic E-state index is -0.754. The predicted octanol–water partition coefficient (Wildman–Crippen LogP) is 3.68. The number of rotatable bonds is 3. The van der Waals surface area contributed by atoms with Gasteiger partial charge in [-0.3, -0.25) is 5.10 Å². The van der Waals surface area contributed by atoms with Crippen LogP contribution in [0, 0.1) is 23.2 Å². The molecule has 3 aromatic rings. The summed E-state index contributed by atoms with van der Waals surface area (Å²) >= 11 is 6.97. The second kappa shape index (κ2) is 10.6. The van der Waals surface area contributed by atoms with Crippen LogP contribution < -0.4 is 30.8 Å². The number of benzene rings is 1. The van der Waals surface area contributed by atoms with Gasteiger partial charge in [-0.25, -0.2) is 4.39 Å². The molecule has 11 heteroatoms. The number of ether oxygens (including phenoxy) is 2. The number of halogens is 2. The van der Waals surface area contributed by atoms with E-state index in [1.54, 1.807) is 6.20 Å². The molecule has 2 saturated heterocycles. The maximum atomic E-state index is 17.1. The number of nitrogens with one attached hydrogen (secondary N) is 3. The van der Waals surface area contributed by atoms with E-state index in [9.17, 15) is 0 Å². The monoisotopic (exact) mass is 619 g/mol. The third-order valence-electron chi connectivity index (χ3n) is 11.2. The van der Waals surface area contributed by atoms with Crippen LogP contribution in [0.25, 0.3) is 22.9 Å². The summed E-state index contributed by atoms with van der Waals surface area (Å²) in [6.45, 7) is 5.84. The van der Waals surface area contributed by atoms with Gasteiger partial charge in [0.15, 0.2) is 5.83 Å². The first-order valence-corrected chi connectivity index (χ1v) is 16.8. The van der Waals surface area contributed by atoms with Crippen LogP contribution in [0.2, 0.25) is 5.02 Å². The number of hydrogen-bond donors (Lipinski definition) is 3. The van der Waals surface area contributed by atoms with Crippen LogP contribution >= 0.6 is 11.6 Å². The van der Waals surface area contributed by atoms with Crippen molar-refractivity contribution >= 4 is 40.3 Å². The first kappa shape index (κ1) is 27.4. The SMILES string of the molecule is FC1=c2nc(OCC34CCCNCC3C4)nc3c2=CNC1c1c(c(Cl)cc2[nH]ncc12)C1CC1COCCC1CCCN3C1. The lowest BCUT2D eigenvalue weighted by atomic mass is 9.91. The quantitative estimate of drug-likeness (QED) is 0.409. The van der Waals surface area contributed by atoms with Gasteiger partial charge in [-0.2, -0.15) is 15.1 Å². The zero-order chi connectivity index (χ0) is 29.4. The molecular weight excluding hydrogens is 581 g/mol. The summed E-state index contributed by atoms with van der Waals surface area (Å²) in [5, 5.41) is 16.8. The number of aromatic nitrogens is 4. The number of aromatic amines is 1. The number of fused-ring (bicyclic) bond motifs is 6. The van der Waals surface area contributed by atoms with E-state index in [0.717, 1.165) is 106 Å². The average molecular weight is 620 g/mol. The smallest absolute Gasteiger partial charge is 0.319 e. The van der Waals surface area contributed by atoms with Crippen molar-refractivity contribution in [3.8, 4) is 6.01 Å². The molecule has 0 radical (unpaired) electrons. The van der Waals surface area contributed by atoms with Crippen LogP contribution in [-0.4, -0.2) is 66.2 Å². The molecule has 44 heavy (non-hydrogen) atoms. The van der Waals surface area contributed by atoms with Crippen molar-refractivity contribution in [1.29, 1.82) is 0 Å². The van der Waals surface area contributed by atoms with E-state index in [0.29, 0.717) is 46.6 Å². The Morgan fingerprint density at radius 2 is 2.16 bits per heavy atom. The Hall–Kier alpha value is -2.95. The fourth-order valence-electron chi connectivity index (χ4n) is 8.52. The van der Waals surface area contributed by atoms with Gasteiger partial charge in [0.05, 0.1) is 23.5 Å². The third-order valence-corrected chi connectivity index (χ3v) is 11.5. The number of hydrogen-bond acceptors (Lipinski definition) is 8. The summed E-state index contributed by atoms with van der Waals surface area (Å²) in [7, 11) is 0. The molecule has 10 rings (SSSR count). The van der Waals surface area contributed by atoms with Gasteiger partial charge in [0, 0.05) is 48.3 Å². The van der Waals surface area contributed by atoms with Crippen LogP contribution in [0.5, 0.6) is 6.01 Å². The third kappa shape index (κ3) is 4.58. The lowest BCUT2D eigenvalue weighted by molar-refractivity contribution is 0.107. The standard InChI is InChI=1S/C33H39ClFN7O2/c34-24-10-25-22(14-38-41-25)27-26(24)21-9-19(21)16-43-8-4-18-3-1-7-42(15-18)31-23-13-37-30(27)28(35)29(23)39-32(40-31)44-17-33-5-2-6-36-12-20(33)11-33/h10,13-14,18-21,30,36-37H,1-9,11-12,15-17H2,(H,38,41). The molecule has 3 N–H and O–H groups in total. The van der Waals surface area contributed by atoms with Crippen molar-refractivity contribution in [1.82, 2.24) is 30.8 Å². The van der Waals surface area contributed by atoms with Crippen molar-refractivity contribution in [3.63, 3.8) is 0 Å². The van der Waals surface area contributed by atoms with Gasteiger partial charge in [0.2, 0.25) is 0 Å². The lowest BCUT2D eigenvalue weighted by Gasteiger charge is -2.34. The fraction of sp³-hybridized carbons (Fsp3) is 0.606. The topological polar surface area (TPSA) is 100 Å². The normalized spacial score (nSPS) is 32.5. The van der Waals surface area contributed by atoms with Crippen molar-refractivity contribution in [2.45, 2.75) is 56.9 Å². The molecular formula is C33H39ClFN7O2. The summed E-state index contributed by atoms with van der Waals surface area (Å²) in [4.78, 5) is 12.1. The second-order valence-electron chi connectivity index (χ2n) is 14.0. The zero-order valence-electron chi connectivity index (χ0n) is 24.9. The van der Waals surface area contributed by atoms with E-state index in [1.165, 1.54) is 0 Å². The number of anilines is 1. The minimum absolute atomic E-state index is 0.175. The molecule has 232 valence electrons. The maximum absolute atomic E-state index is 17.1. The van der Waals surface area contributed by atoms with Gasteiger partial charge in [-0.15, -0.1) is 0 Å². The highest BCUT2D eigenvalue weighted by atomic mass is 35.5. The summed E-state index contributed by atoms with van der Waals surface area (Å²) in [5.41, 5.74) is 2.78. The van der Waals surface area contributed by atoms with Crippen molar-refractivity contribution in [3.05, 3.63) is 39.0 Å². The first-order valence-electron chi connectivity index (χ1n) is 16.4. The Bertz CT molecular complexity index is 1750. The summed E-state index contributed by atoms with van der Waals surface area (Å²) in [5.74, 6) is 2.11. The van der Waals surface area contributed by atoms with Gasteiger partial charge in [0.25, 0.3) is 0 Å². The average Bonchev–Trinajstić information content (AvgIpc) is 3.90. The fourth-order valence-corrected chi connectivity index (χ4v) is 8.87. The Labute approximate surface area is 260 Å². The summed E-state index contributed by atoms with van der Waals surface area (Å²) in [6, 6.07) is 1.44. The molecule has 4 fully saturated rings. The minimum Gasteiger partial charge on any atom is -0.463 e. The molecule has 7 aliphatic rings. The van der Waals surface area contributed by atoms with E-state index < -0.39 is 6.04 Å². The Morgan fingerprint density at radius 3 is 3.11 bits per heavy atom. The Balaban J connectivity index is 1.19. The first-order chi connectivity index (χ1) is 21.6. The van der Waals surface area contributed by atoms with Crippen LogP contribution in [0.1, 0.15) is 68.0 Å². The highest BCUT2D eigenvalue weighted by Crippen LogP contribution is 2.56. The molecule has 0 spiro atoms. The van der Waals surface area contributed by atoms with Crippen LogP contribution in [0.4, 0.5) is 10.2 Å². The number of nitrogens with zero attached hydrogens (tertiary/aromatic N) is 4. The predicted molar refractivity (Wildman–Crippen MR) is 167 cm³/mol. The number of H-pyrrole nitrogens is 1. The zero-order valence-corrected chi connectivity index (χ0v) is 25.6. The van der Waals surface area contributed by atoms with E-state index in [4.69, 9.17) is 31.0 Å². The molecule has 7 heterocycles. The van der Waals surface area contributed by atoms with Crippen LogP contribution in [-0.2, 0) is 4.74 Å². The van der Waals surface area contributed by atoms with Crippen molar-refractivity contribution in [2.24, 2.45) is 23.2 Å². The molecule has 2 aliphatic carbocycles. The van der Waals surface area contributed by atoms with Gasteiger partial charge in [-0.1, -0.05) is 11.6 Å². The molecule has 6 atom stereocenters. The Kier molecular flexibility index (Phi) is 6.57. The van der Waals surface area contributed by atoms with E-state index in [1.807, 2.05) is 12.3 Å². The molecule has 1 aromatic carbocycles. The van der Waals surface area contributed by atoms with Crippen molar-refractivity contribution < 1.29 is 13.9 Å². The number of piperidine rings is 1. The lowest BCUT2D eigenvalue weighted by Crippen LogP contribution is -2.47. The highest BCUT2D eigenvalue weighted by molar-refractivity contribution is 6.32. The van der Waals surface area contributed by atoms with Gasteiger partial charge in [0.1, 0.15) is 17.2 Å². The molecule has 2 saturated carbocycles. The van der Waals surface area contributed by atoms with Gasteiger partial charge >= 0.3 is 6.01 Å². The van der Waals surface area contributed by atoms with E-state index in [2.05, 4.69) is 25.7 Å². The summed E-state index contributed by atoms with van der Waals surface area (Å²) in [6.07, 6.45) is 11.3. The molecule has 9 nitrogen and oxygen atoms in total.